The molecule has 0 aliphatic carbocycles. The van der Waals surface area contributed by atoms with Crippen LogP contribution in [0.3, 0.4) is 0 Å². The van der Waals surface area contributed by atoms with E-state index < -0.39 is 30.3 Å². The van der Waals surface area contributed by atoms with E-state index in [9.17, 15) is 19.5 Å². The van der Waals surface area contributed by atoms with Gasteiger partial charge in [-0.2, -0.15) is 9.97 Å². The highest BCUT2D eigenvalue weighted by molar-refractivity contribution is 7.17. The molecule has 0 saturated carbocycles. The number of nitrogens with two attached hydrogens (primary N) is 2. The number of aliphatic carboxylic acids is 2. The molecule has 13 nitrogen and oxygen atoms in total. The second kappa shape index (κ2) is 10.7. The number of terminal acetylenes is 1. The molecule has 1 unspecified atom stereocenters. The van der Waals surface area contributed by atoms with Crippen molar-refractivity contribution in [2.24, 2.45) is 0 Å². The van der Waals surface area contributed by atoms with Crippen molar-refractivity contribution in [3.63, 3.8) is 0 Å². The lowest BCUT2D eigenvalue weighted by atomic mass is 9.99. The lowest BCUT2D eigenvalue weighted by Crippen LogP contribution is -2.41. The maximum atomic E-state index is 12.5. The number of nitrogens with one attached hydrogen (secondary N) is 2. The number of anilines is 4. The van der Waals surface area contributed by atoms with Gasteiger partial charge in [-0.05, 0) is 12.8 Å². The highest BCUT2D eigenvalue weighted by atomic mass is 32.1. The molecule has 2 aromatic heterocycles. The molecule has 3 heterocycles. The summed E-state index contributed by atoms with van der Waals surface area (Å²) in [7, 11) is 0. The Morgan fingerprint density at radius 1 is 1.35 bits per heavy atom. The summed E-state index contributed by atoms with van der Waals surface area (Å²) in [6, 6.07) is -1.34. The van der Waals surface area contributed by atoms with E-state index in [-0.39, 0.29) is 29.8 Å². The minimum absolute atomic E-state index is 0.0390. The normalized spacial score (nSPS) is 15.0. The predicted octanol–water partition coefficient (Wildman–Crippen LogP) is 0.184. The van der Waals surface area contributed by atoms with Crippen LogP contribution in [0.5, 0.6) is 0 Å². The van der Waals surface area contributed by atoms with Crippen LogP contribution in [-0.2, 0) is 9.59 Å². The minimum atomic E-state index is -1.34. The summed E-state index contributed by atoms with van der Waals surface area (Å²) in [5, 5.41) is 24.2. The molecule has 0 saturated heterocycles. The van der Waals surface area contributed by atoms with Gasteiger partial charge in [-0.25, -0.2) is 9.78 Å². The van der Waals surface area contributed by atoms with Crippen molar-refractivity contribution in [1.29, 1.82) is 0 Å². The first-order valence-electron chi connectivity index (χ1n) is 10.3. The molecule has 8 N–H and O–H groups in total. The largest absolute Gasteiger partial charge is 0.481 e. The van der Waals surface area contributed by atoms with Gasteiger partial charge in [0.25, 0.3) is 5.91 Å². The van der Waals surface area contributed by atoms with Gasteiger partial charge in [0.15, 0.2) is 5.01 Å². The zero-order valence-electron chi connectivity index (χ0n) is 18.0. The third-order valence-corrected chi connectivity index (χ3v) is 6.25. The number of fused-ring (bicyclic) bond motifs is 1. The molecule has 180 valence electrons. The molecule has 1 amide bonds. The van der Waals surface area contributed by atoms with E-state index in [2.05, 4.69) is 31.5 Å². The maximum Gasteiger partial charge on any atom is 0.326 e. The zero-order chi connectivity index (χ0) is 24.8. The van der Waals surface area contributed by atoms with Gasteiger partial charge < -0.3 is 37.2 Å². The Balaban J connectivity index is 1.66. The highest BCUT2D eigenvalue weighted by Gasteiger charge is 2.28. The molecule has 2 atom stereocenters. The number of nitrogen functional groups attached to an aromatic ring is 2. The quantitative estimate of drug-likeness (QED) is 0.234. The van der Waals surface area contributed by atoms with Crippen molar-refractivity contribution >= 4 is 51.8 Å². The van der Waals surface area contributed by atoms with Crippen molar-refractivity contribution in [3.05, 3.63) is 16.8 Å². The van der Waals surface area contributed by atoms with Crippen LogP contribution in [0, 0.1) is 12.3 Å². The number of thiazole rings is 1. The summed E-state index contributed by atoms with van der Waals surface area (Å²) < 4.78 is 0. The van der Waals surface area contributed by atoms with Gasteiger partial charge in [0, 0.05) is 31.0 Å². The summed E-state index contributed by atoms with van der Waals surface area (Å²) in [6.07, 6.45) is 7.04. The Bertz CT molecular complexity index is 1130. The number of carboxylic acids is 2. The standard InChI is InChI=1S/C20H24N8O5S/c1-2-6-28(7-5-10-8-23-16-14(10)15(21)26-20(22)27-16)12-9-24-18(34-12)17(31)25-11(19(32)33)3-4-13(29)30/h1,9-11H,3-8H2,(H,25,31)(H,29,30)(H,32,33)(H5,21,22,23,26,27)/t10?,11-/m0/s1. The predicted molar refractivity (Wildman–Crippen MR) is 126 cm³/mol. The first-order chi connectivity index (χ1) is 16.2. The van der Waals surface area contributed by atoms with E-state index in [1.165, 1.54) is 6.20 Å². The van der Waals surface area contributed by atoms with E-state index in [1.807, 2.05) is 4.90 Å². The lowest BCUT2D eigenvalue weighted by Gasteiger charge is -2.22. The highest BCUT2D eigenvalue weighted by Crippen LogP contribution is 2.36. The number of nitrogens with zero attached hydrogens (tertiary/aromatic N) is 4. The number of aromatic nitrogens is 3. The second-order valence-corrected chi connectivity index (χ2v) is 8.53. The Kier molecular flexibility index (Phi) is 7.69. The van der Waals surface area contributed by atoms with Gasteiger partial charge in [0.05, 0.1) is 12.7 Å². The number of amides is 1. The molecule has 0 aromatic carbocycles. The Morgan fingerprint density at radius 2 is 2.12 bits per heavy atom. The average Bonchev–Trinajstić information content (AvgIpc) is 3.41. The van der Waals surface area contributed by atoms with Crippen LogP contribution in [-0.4, -0.2) is 68.7 Å². The van der Waals surface area contributed by atoms with E-state index >= 15 is 0 Å². The van der Waals surface area contributed by atoms with Crippen LogP contribution in [0.2, 0.25) is 0 Å². The number of hydrogen-bond acceptors (Lipinski definition) is 11. The van der Waals surface area contributed by atoms with Gasteiger partial charge in [-0.1, -0.05) is 17.3 Å². The fourth-order valence-corrected chi connectivity index (χ4v) is 4.41. The monoisotopic (exact) mass is 488 g/mol. The summed E-state index contributed by atoms with van der Waals surface area (Å²) >= 11 is 1.06. The zero-order valence-corrected chi connectivity index (χ0v) is 18.8. The van der Waals surface area contributed by atoms with E-state index in [1.54, 1.807) is 0 Å². The van der Waals surface area contributed by atoms with Crippen LogP contribution in [0.4, 0.5) is 22.6 Å². The molecule has 1 aliphatic rings. The minimum Gasteiger partial charge on any atom is -0.481 e. The van der Waals surface area contributed by atoms with Crippen molar-refractivity contribution < 1.29 is 24.6 Å². The third-order valence-electron chi connectivity index (χ3n) is 5.20. The van der Waals surface area contributed by atoms with Crippen molar-refractivity contribution in [2.75, 3.05) is 41.3 Å². The fraction of sp³-hybridized carbons (Fsp3) is 0.400. The van der Waals surface area contributed by atoms with E-state index in [0.717, 1.165) is 16.9 Å². The number of rotatable bonds is 11. The molecule has 1 aliphatic heterocycles. The summed E-state index contributed by atoms with van der Waals surface area (Å²) in [5.41, 5.74) is 12.5. The Morgan fingerprint density at radius 3 is 2.79 bits per heavy atom. The average molecular weight is 489 g/mol. The van der Waals surface area contributed by atoms with Crippen molar-refractivity contribution in [3.8, 4) is 12.3 Å². The molecule has 14 heteroatoms. The van der Waals surface area contributed by atoms with E-state index in [4.69, 9.17) is 23.0 Å². The Hall–Kier alpha value is -4.12. The number of carbonyl (C=O) groups is 3. The lowest BCUT2D eigenvalue weighted by molar-refractivity contribution is -0.140. The number of hydrogen-bond donors (Lipinski definition) is 6. The smallest absolute Gasteiger partial charge is 0.326 e. The van der Waals surface area contributed by atoms with Crippen molar-refractivity contribution in [1.82, 2.24) is 20.3 Å². The summed E-state index contributed by atoms with van der Waals surface area (Å²) in [5.74, 6) is 0.484. The summed E-state index contributed by atoms with van der Waals surface area (Å²) in [4.78, 5) is 48.7. The maximum absolute atomic E-state index is 12.5. The molecule has 2 aromatic rings. The molecule has 34 heavy (non-hydrogen) atoms. The SMILES string of the molecule is C#CCN(CCC1CNc2nc(N)nc(N)c21)c1cnc(C(=O)N[C@@H](CCC(=O)O)C(=O)O)s1. The fourth-order valence-electron chi connectivity index (χ4n) is 3.56. The van der Waals surface area contributed by atoms with Crippen LogP contribution < -0.4 is 27.0 Å². The molecule has 0 bridgehead atoms. The van der Waals surface area contributed by atoms with Crippen LogP contribution in [0.1, 0.15) is 40.5 Å². The van der Waals surface area contributed by atoms with Gasteiger partial charge in [-0.15, -0.1) is 6.42 Å². The van der Waals surface area contributed by atoms with Gasteiger partial charge in [-0.3, -0.25) is 9.59 Å². The van der Waals surface area contributed by atoms with Crippen molar-refractivity contribution in [2.45, 2.75) is 31.2 Å². The summed E-state index contributed by atoms with van der Waals surface area (Å²) in [6.45, 7) is 1.41. The molecule has 3 rings (SSSR count). The number of carbonyl (C=O) groups excluding carboxylic acids is 1. The molecular formula is C20H24N8O5S. The van der Waals surface area contributed by atoms with Gasteiger partial charge in [0.2, 0.25) is 5.95 Å². The molecule has 0 fully saturated rings. The van der Waals surface area contributed by atoms with E-state index in [0.29, 0.717) is 36.1 Å². The molecule has 0 radical (unpaired) electrons. The van der Waals surface area contributed by atoms with Crippen LogP contribution in [0.15, 0.2) is 6.20 Å². The Labute approximate surface area is 198 Å². The second-order valence-electron chi connectivity index (χ2n) is 7.52. The molecular weight excluding hydrogens is 464 g/mol. The number of carboxylic acid groups (broad SMARTS) is 2. The molecule has 0 spiro atoms. The van der Waals surface area contributed by atoms with Crippen LogP contribution >= 0.6 is 11.3 Å². The van der Waals surface area contributed by atoms with Gasteiger partial charge >= 0.3 is 11.9 Å². The first kappa shape index (κ1) is 24.5. The van der Waals surface area contributed by atoms with Crippen LogP contribution in [0.25, 0.3) is 0 Å². The topological polar surface area (TPSA) is 210 Å². The van der Waals surface area contributed by atoms with Gasteiger partial charge in [0.1, 0.15) is 22.7 Å². The first-order valence-corrected chi connectivity index (χ1v) is 11.1. The third kappa shape index (κ3) is 5.81.